The van der Waals surface area contributed by atoms with Gasteiger partial charge >= 0.3 is 0 Å². The van der Waals surface area contributed by atoms with Gasteiger partial charge < -0.3 is 10.1 Å². The molecule has 1 N–H and O–H groups in total. The number of amides is 1. The van der Waals surface area contributed by atoms with Crippen LogP contribution in [0.25, 0.3) is 5.65 Å². The summed E-state index contributed by atoms with van der Waals surface area (Å²) in [5.41, 5.74) is 0.589. The molecule has 0 unspecified atom stereocenters. The molecule has 1 fully saturated rings. The van der Waals surface area contributed by atoms with Crippen molar-refractivity contribution in [3.05, 3.63) is 64.1 Å². The van der Waals surface area contributed by atoms with Gasteiger partial charge in [0.25, 0.3) is 12.3 Å². The average Bonchev–Trinajstić information content (AvgIpc) is 3.55. The molecule has 0 spiro atoms. The molecule has 1 aromatic carbocycles. The highest BCUT2D eigenvalue weighted by Crippen LogP contribution is 2.29. The predicted molar refractivity (Wildman–Crippen MR) is 119 cm³/mol. The van der Waals surface area contributed by atoms with Crippen molar-refractivity contribution in [2.45, 2.75) is 38.8 Å². The van der Waals surface area contributed by atoms with E-state index in [1.54, 1.807) is 11.8 Å². The molecule has 1 saturated carbocycles. The van der Waals surface area contributed by atoms with Crippen LogP contribution in [0, 0.1) is 18.6 Å². The lowest BCUT2D eigenvalue weighted by molar-refractivity contribution is 0.0822. The molecule has 6 nitrogen and oxygen atoms in total. The molecule has 2 aromatic heterocycles. The van der Waals surface area contributed by atoms with E-state index in [1.807, 2.05) is 0 Å². The molecule has 4 rings (SSSR count). The maximum Gasteiger partial charge on any atom is 0.270 e. The highest BCUT2D eigenvalue weighted by molar-refractivity contribution is 6.30. The summed E-state index contributed by atoms with van der Waals surface area (Å²) in [7, 11) is 0. The zero-order valence-corrected chi connectivity index (χ0v) is 19.1. The number of hydrogen-bond acceptors (Lipinski definition) is 4. The van der Waals surface area contributed by atoms with Gasteiger partial charge in [-0.1, -0.05) is 17.7 Å². The van der Waals surface area contributed by atoms with E-state index >= 15 is 0 Å². The summed E-state index contributed by atoms with van der Waals surface area (Å²) in [6, 6.07) is 5.10. The van der Waals surface area contributed by atoms with E-state index in [0.717, 1.165) is 25.0 Å². The standard InChI is InChI=1S/C23H23ClF4N4O2/c1-13-21(23(33)29-7-8-31(11-20(27)28)15-5-6-15)32-10-14(24)9-19(22(32)30-13)34-12-16-17(25)3-2-4-18(16)26/h2-4,9-10,15,20H,5-8,11-12H2,1H3,(H,29,33). The van der Waals surface area contributed by atoms with E-state index in [0.29, 0.717) is 12.2 Å². The van der Waals surface area contributed by atoms with E-state index in [1.165, 1.54) is 22.7 Å². The molecule has 0 radical (unpaired) electrons. The first-order valence-electron chi connectivity index (χ1n) is 10.8. The fraction of sp³-hybridized carbons (Fsp3) is 0.391. The van der Waals surface area contributed by atoms with Crippen molar-refractivity contribution in [3.8, 4) is 5.75 Å². The average molecular weight is 499 g/mol. The number of imidazole rings is 1. The number of carbonyl (C=O) groups excluding carboxylic acids is 1. The van der Waals surface area contributed by atoms with Gasteiger partial charge in [-0.2, -0.15) is 0 Å². The summed E-state index contributed by atoms with van der Waals surface area (Å²) in [4.78, 5) is 19.0. The monoisotopic (exact) mass is 498 g/mol. The van der Waals surface area contributed by atoms with Crippen LogP contribution in [0.15, 0.2) is 30.5 Å². The Hall–Kier alpha value is -2.85. The normalized spacial score (nSPS) is 13.8. The molecule has 2 heterocycles. The van der Waals surface area contributed by atoms with Crippen molar-refractivity contribution in [1.29, 1.82) is 0 Å². The molecule has 0 bridgehead atoms. The maximum atomic E-state index is 14.0. The fourth-order valence-corrected chi connectivity index (χ4v) is 4.03. The summed E-state index contributed by atoms with van der Waals surface area (Å²) in [5.74, 6) is -1.80. The van der Waals surface area contributed by atoms with E-state index < -0.39 is 30.6 Å². The molecule has 1 aliphatic rings. The first-order chi connectivity index (χ1) is 16.2. The van der Waals surface area contributed by atoms with Crippen LogP contribution in [0.3, 0.4) is 0 Å². The van der Waals surface area contributed by atoms with Crippen LogP contribution in [0.5, 0.6) is 5.75 Å². The predicted octanol–water partition coefficient (Wildman–Crippen LogP) is 4.61. The number of alkyl halides is 2. The minimum absolute atomic E-state index is 0.140. The number of carbonyl (C=O) groups is 1. The molecule has 34 heavy (non-hydrogen) atoms. The van der Waals surface area contributed by atoms with Crippen molar-refractivity contribution >= 4 is 23.2 Å². The Labute approximate surface area is 198 Å². The molecule has 11 heteroatoms. The van der Waals surface area contributed by atoms with Gasteiger partial charge in [-0.15, -0.1) is 0 Å². The number of ether oxygens (including phenoxy) is 1. The molecular formula is C23H23ClF4N4O2. The third kappa shape index (κ3) is 5.44. The Morgan fingerprint density at radius 3 is 2.68 bits per heavy atom. The third-order valence-electron chi connectivity index (χ3n) is 5.60. The third-order valence-corrected chi connectivity index (χ3v) is 5.80. The smallest absolute Gasteiger partial charge is 0.270 e. The lowest BCUT2D eigenvalue weighted by Gasteiger charge is -2.21. The van der Waals surface area contributed by atoms with Crippen LogP contribution in [0.2, 0.25) is 5.02 Å². The second-order valence-electron chi connectivity index (χ2n) is 8.12. The molecule has 0 atom stereocenters. The molecule has 0 saturated heterocycles. The quantitative estimate of drug-likeness (QED) is 0.415. The van der Waals surface area contributed by atoms with Gasteiger partial charge in [-0.05, 0) is 31.9 Å². The van der Waals surface area contributed by atoms with Gasteiger partial charge in [0, 0.05) is 31.4 Å². The maximum absolute atomic E-state index is 14.0. The minimum Gasteiger partial charge on any atom is -0.485 e. The van der Waals surface area contributed by atoms with E-state index in [-0.39, 0.29) is 46.8 Å². The van der Waals surface area contributed by atoms with Crippen LogP contribution in [0.4, 0.5) is 17.6 Å². The first kappa shape index (κ1) is 24.3. The summed E-state index contributed by atoms with van der Waals surface area (Å²) in [6.07, 6.45) is 0.807. The Bertz CT molecular complexity index is 1180. The molecule has 0 aliphatic heterocycles. The number of nitrogens with one attached hydrogen (secondary N) is 1. The van der Waals surface area contributed by atoms with Crippen LogP contribution in [0.1, 0.15) is 34.6 Å². The number of rotatable bonds is 10. The Balaban J connectivity index is 1.50. The highest BCUT2D eigenvalue weighted by Gasteiger charge is 2.30. The molecular weight excluding hydrogens is 476 g/mol. The van der Waals surface area contributed by atoms with E-state index in [2.05, 4.69) is 10.3 Å². The number of hydrogen-bond donors (Lipinski definition) is 1. The van der Waals surface area contributed by atoms with Crippen molar-refractivity contribution < 1.29 is 27.1 Å². The molecule has 1 amide bonds. The topological polar surface area (TPSA) is 58.9 Å². The second-order valence-corrected chi connectivity index (χ2v) is 8.56. The van der Waals surface area contributed by atoms with Gasteiger partial charge in [0.05, 0.1) is 22.8 Å². The fourth-order valence-electron chi connectivity index (χ4n) is 3.83. The number of fused-ring (bicyclic) bond motifs is 1. The lowest BCUT2D eigenvalue weighted by atomic mass is 10.2. The zero-order chi connectivity index (χ0) is 24.4. The number of benzene rings is 1. The molecule has 3 aromatic rings. The van der Waals surface area contributed by atoms with Crippen molar-refractivity contribution in [2.24, 2.45) is 0 Å². The Morgan fingerprint density at radius 2 is 2.03 bits per heavy atom. The number of halogens is 5. The minimum atomic E-state index is -2.43. The van der Waals surface area contributed by atoms with E-state index in [4.69, 9.17) is 16.3 Å². The number of aromatic nitrogens is 2. The van der Waals surface area contributed by atoms with Gasteiger partial charge in [0.15, 0.2) is 11.4 Å². The van der Waals surface area contributed by atoms with Crippen molar-refractivity contribution in [2.75, 3.05) is 19.6 Å². The Morgan fingerprint density at radius 1 is 1.32 bits per heavy atom. The summed E-state index contributed by atoms with van der Waals surface area (Å²) >= 11 is 6.20. The highest BCUT2D eigenvalue weighted by atomic mass is 35.5. The second kappa shape index (κ2) is 10.2. The van der Waals surface area contributed by atoms with Gasteiger partial charge in [0.2, 0.25) is 0 Å². The SMILES string of the molecule is Cc1nc2c(OCc3c(F)cccc3F)cc(Cl)cn2c1C(=O)NCCN(CC(F)F)C1CC1. The summed E-state index contributed by atoms with van der Waals surface area (Å²) < 4.78 is 60.6. The first-order valence-corrected chi connectivity index (χ1v) is 11.2. The summed E-state index contributed by atoms with van der Waals surface area (Å²) in [6.45, 7) is 1.39. The number of pyridine rings is 1. The molecule has 1 aliphatic carbocycles. The number of nitrogens with zero attached hydrogens (tertiary/aromatic N) is 3. The van der Waals surface area contributed by atoms with Gasteiger partial charge in [0.1, 0.15) is 23.9 Å². The summed E-state index contributed by atoms with van der Waals surface area (Å²) in [5, 5.41) is 2.97. The number of aryl methyl sites for hydroxylation is 1. The lowest BCUT2D eigenvalue weighted by Crippen LogP contribution is -2.39. The Kier molecular flexibility index (Phi) is 7.27. The van der Waals surface area contributed by atoms with Crippen molar-refractivity contribution in [3.63, 3.8) is 0 Å². The van der Waals surface area contributed by atoms with Crippen LogP contribution >= 0.6 is 11.6 Å². The molecule has 182 valence electrons. The van der Waals surface area contributed by atoms with Crippen LogP contribution in [-0.4, -0.2) is 52.3 Å². The largest absolute Gasteiger partial charge is 0.485 e. The van der Waals surface area contributed by atoms with Crippen molar-refractivity contribution in [1.82, 2.24) is 19.6 Å². The van der Waals surface area contributed by atoms with Crippen LogP contribution < -0.4 is 10.1 Å². The van der Waals surface area contributed by atoms with Gasteiger partial charge in [-0.25, -0.2) is 22.5 Å². The van der Waals surface area contributed by atoms with Crippen LogP contribution in [-0.2, 0) is 6.61 Å². The zero-order valence-electron chi connectivity index (χ0n) is 18.3. The van der Waals surface area contributed by atoms with E-state index in [9.17, 15) is 22.4 Å². The van der Waals surface area contributed by atoms with Gasteiger partial charge in [-0.3, -0.25) is 14.1 Å².